The molecule has 0 saturated carbocycles. The van der Waals surface area contributed by atoms with Crippen molar-refractivity contribution in [3.63, 3.8) is 0 Å². The first-order chi connectivity index (χ1) is 10.5. The van der Waals surface area contributed by atoms with Crippen molar-refractivity contribution in [1.82, 2.24) is 4.90 Å². The van der Waals surface area contributed by atoms with Crippen LogP contribution in [0.5, 0.6) is 0 Å². The SMILES string of the molecule is C[C@@H]1[C@H](C(=O)O)CCCN1C(=O)CCSc1ccc(Cl)cc1. The number of carboxylic acids is 1. The van der Waals surface area contributed by atoms with Crippen LogP contribution in [0.15, 0.2) is 29.2 Å². The van der Waals surface area contributed by atoms with Crippen molar-refractivity contribution >= 4 is 35.2 Å². The number of likely N-dealkylation sites (tertiary alicyclic amines) is 1. The van der Waals surface area contributed by atoms with E-state index >= 15 is 0 Å². The molecule has 0 spiro atoms. The monoisotopic (exact) mass is 341 g/mol. The number of aliphatic carboxylic acids is 1. The molecule has 1 fully saturated rings. The fourth-order valence-electron chi connectivity index (χ4n) is 2.76. The van der Waals surface area contributed by atoms with Gasteiger partial charge in [-0.3, -0.25) is 9.59 Å². The summed E-state index contributed by atoms with van der Waals surface area (Å²) in [6.45, 7) is 2.50. The van der Waals surface area contributed by atoms with Crippen LogP contribution in [0, 0.1) is 5.92 Å². The van der Waals surface area contributed by atoms with Gasteiger partial charge < -0.3 is 10.0 Å². The topological polar surface area (TPSA) is 57.6 Å². The van der Waals surface area contributed by atoms with Crippen LogP contribution in [-0.2, 0) is 9.59 Å². The zero-order chi connectivity index (χ0) is 16.1. The normalized spacial score (nSPS) is 21.6. The highest BCUT2D eigenvalue weighted by Crippen LogP contribution is 2.26. The Morgan fingerprint density at radius 1 is 1.36 bits per heavy atom. The number of nitrogens with zero attached hydrogens (tertiary/aromatic N) is 1. The van der Waals surface area contributed by atoms with Gasteiger partial charge in [-0.05, 0) is 44.0 Å². The highest BCUT2D eigenvalue weighted by molar-refractivity contribution is 7.99. The lowest BCUT2D eigenvalue weighted by molar-refractivity contribution is -0.148. The van der Waals surface area contributed by atoms with Crippen molar-refractivity contribution in [2.24, 2.45) is 5.92 Å². The van der Waals surface area contributed by atoms with E-state index in [1.165, 1.54) is 0 Å². The van der Waals surface area contributed by atoms with Crippen LogP contribution in [0.25, 0.3) is 0 Å². The fraction of sp³-hybridized carbons (Fsp3) is 0.500. The summed E-state index contributed by atoms with van der Waals surface area (Å²) in [5, 5.41) is 9.90. The van der Waals surface area contributed by atoms with E-state index in [1.54, 1.807) is 16.7 Å². The summed E-state index contributed by atoms with van der Waals surface area (Å²) < 4.78 is 0. The summed E-state index contributed by atoms with van der Waals surface area (Å²) in [6, 6.07) is 7.30. The Morgan fingerprint density at radius 3 is 2.68 bits per heavy atom. The third-order valence-electron chi connectivity index (χ3n) is 4.02. The number of carbonyl (C=O) groups is 2. The predicted octanol–water partition coefficient (Wildman–Crippen LogP) is 3.53. The van der Waals surface area contributed by atoms with Gasteiger partial charge in [0.15, 0.2) is 0 Å². The Balaban J connectivity index is 1.83. The summed E-state index contributed by atoms with van der Waals surface area (Å²) in [4.78, 5) is 26.3. The van der Waals surface area contributed by atoms with Crippen LogP contribution in [0.1, 0.15) is 26.2 Å². The molecule has 1 aromatic rings. The second-order valence-corrected chi connectivity index (χ2v) is 7.07. The smallest absolute Gasteiger partial charge is 0.308 e. The first-order valence-corrected chi connectivity index (χ1v) is 8.76. The molecule has 2 rings (SSSR count). The zero-order valence-corrected chi connectivity index (χ0v) is 14.1. The van der Waals surface area contributed by atoms with E-state index < -0.39 is 11.9 Å². The molecule has 0 bridgehead atoms. The molecule has 0 unspecified atom stereocenters. The third kappa shape index (κ3) is 4.40. The highest BCUT2D eigenvalue weighted by Gasteiger charge is 2.34. The Bertz CT molecular complexity index is 535. The lowest BCUT2D eigenvalue weighted by atomic mass is 9.90. The average molecular weight is 342 g/mol. The van der Waals surface area contributed by atoms with Gasteiger partial charge in [0.1, 0.15) is 0 Å². The molecule has 1 amide bonds. The zero-order valence-electron chi connectivity index (χ0n) is 12.5. The van der Waals surface area contributed by atoms with Crippen molar-refractivity contribution < 1.29 is 14.7 Å². The number of halogens is 1. The maximum Gasteiger partial charge on any atom is 0.308 e. The largest absolute Gasteiger partial charge is 0.481 e. The van der Waals surface area contributed by atoms with Gasteiger partial charge in [0.05, 0.1) is 5.92 Å². The molecule has 0 radical (unpaired) electrons. The maximum absolute atomic E-state index is 12.3. The number of amides is 1. The number of hydrogen-bond acceptors (Lipinski definition) is 3. The van der Waals surface area contributed by atoms with Gasteiger partial charge in [0, 0.05) is 34.7 Å². The fourth-order valence-corrected chi connectivity index (χ4v) is 3.72. The van der Waals surface area contributed by atoms with Gasteiger partial charge in [-0.1, -0.05) is 11.6 Å². The Kier molecular flexibility index (Phi) is 6.15. The van der Waals surface area contributed by atoms with Gasteiger partial charge in [0.2, 0.25) is 5.91 Å². The Labute approximate surface area is 139 Å². The van der Waals surface area contributed by atoms with Crippen LogP contribution in [0.2, 0.25) is 5.02 Å². The van der Waals surface area contributed by atoms with Crippen molar-refractivity contribution in [2.45, 2.75) is 37.1 Å². The number of thioether (sulfide) groups is 1. The van der Waals surface area contributed by atoms with Crippen LogP contribution in [-0.4, -0.2) is 40.2 Å². The summed E-state index contributed by atoms with van der Waals surface area (Å²) in [6.07, 6.45) is 1.83. The molecular formula is C16H20ClNO3S. The van der Waals surface area contributed by atoms with Crippen molar-refractivity contribution in [3.8, 4) is 0 Å². The quantitative estimate of drug-likeness (QED) is 0.832. The van der Waals surface area contributed by atoms with Crippen molar-refractivity contribution in [3.05, 3.63) is 29.3 Å². The molecule has 1 saturated heterocycles. The number of benzene rings is 1. The van der Waals surface area contributed by atoms with Crippen LogP contribution < -0.4 is 0 Å². The Hall–Kier alpha value is -1.20. The molecular weight excluding hydrogens is 322 g/mol. The molecule has 22 heavy (non-hydrogen) atoms. The number of rotatable bonds is 5. The molecule has 6 heteroatoms. The molecule has 120 valence electrons. The number of carboxylic acid groups (broad SMARTS) is 1. The van der Waals surface area contributed by atoms with E-state index in [-0.39, 0.29) is 11.9 Å². The third-order valence-corrected chi connectivity index (χ3v) is 5.29. The molecule has 1 aliphatic heterocycles. The summed E-state index contributed by atoms with van der Waals surface area (Å²) >= 11 is 7.44. The Morgan fingerprint density at radius 2 is 2.05 bits per heavy atom. The maximum atomic E-state index is 12.3. The first kappa shape index (κ1) is 17.2. The van der Waals surface area contributed by atoms with E-state index in [9.17, 15) is 14.7 Å². The molecule has 1 aliphatic rings. The van der Waals surface area contributed by atoms with Gasteiger partial charge in [0.25, 0.3) is 0 Å². The minimum absolute atomic E-state index is 0.0416. The second kappa shape index (κ2) is 7.88. The lowest BCUT2D eigenvalue weighted by Gasteiger charge is -2.37. The van der Waals surface area contributed by atoms with E-state index in [0.717, 1.165) is 11.3 Å². The van der Waals surface area contributed by atoms with Gasteiger partial charge in [-0.15, -0.1) is 11.8 Å². The van der Waals surface area contributed by atoms with Crippen LogP contribution >= 0.6 is 23.4 Å². The molecule has 0 aliphatic carbocycles. The van der Waals surface area contributed by atoms with Crippen LogP contribution in [0.3, 0.4) is 0 Å². The highest BCUT2D eigenvalue weighted by atomic mass is 35.5. The first-order valence-electron chi connectivity index (χ1n) is 7.39. The minimum atomic E-state index is -0.805. The molecule has 4 nitrogen and oxygen atoms in total. The lowest BCUT2D eigenvalue weighted by Crippen LogP contribution is -2.49. The average Bonchev–Trinajstić information content (AvgIpc) is 2.49. The number of hydrogen-bond donors (Lipinski definition) is 1. The molecule has 0 aromatic heterocycles. The van der Waals surface area contributed by atoms with E-state index in [4.69, 9.17) is 11.6 Å². The van der Waals surface area contributed by atoms with E-state index in [2.05, 4.69) is 0 Å². The van der Waals surface area contributed by atoms with Crippen molar-refractivity contribution in [2.75, 3.05) is 12.3 Å². The van der Waals surface area contributed by atoms with Crippen molar-refractivity contribution in [1.29, 1.82) is 0 Å². The predicted molar refractivity (Wildman–Crippen MR) is 88.3 cm³/mol. The number of piperidine rings is 1. The molecule has 1 N–H and O–H groups in total. The van der Waals surface area contributed by atoms with E-state index in [1.807, 2.05) is 31.2 Å². The van der Waals surface area contributed by atoms with Gasteiger partial charge >= 0.3 is 5.97 Å². The minimum Gasteiger partial charge on any atom is -0.481 e. The number of carbonyl (C=O) groups excluding carboxylic acids is 1. The van der Waals surface area contributed by atoms with E-state index in [0.29, 0.717) is 30.2 Å². The standard InChI is InChI=1S/C16H20ClNO3S/c1-11-14(16(20)21)3-2-9-18(11)15(19)8-10-22-13-6-4-12(17)5-7-13/h4-7,11,14H,2-3,8-10H2,1H3,(H,20,21)/t11-,14-/m1/s1. The molecule has 1 heterocycles. The summed E-state index contributed by atoms with van der Waals surface area (Å²) in [7, 11) is 0. The molecule has 1 aromatic carbocycles. The second-order valence-electron chi connectivity index (χ2n) is 5.47. The van der Waals surface area contributed by atoms with Gasteiger partial charge in [-0.2, -0.15) is 0 Å². The summed E-state index contributed by atoms with van der Waals surface area (Å²) in [5.74, 6) is -0.524. The van der Waals surface area contributed by atoms with Crippen LogP contribution in [0.4, 0.5) is 0 Å². The van der Waals surface area contributed by atoms with Gasteiger partial charge in [-0.25, -0.2) is 0 Å². The molecule has 2 atom stereocenters. The summed E-state index contributed by atoms with van der Waals surface area (Å²) in [5.41, 5.74) is 0.